The lowest BCUT2D eigenvalue weighted by Gasteiger charge is -2.07. The lowest BCUT2D eigenvalue weighted by Crippen LogP contribution is -1.90. The number of hydrogen-bond acceptors (Lipinski definition) is 1. The van der Waals surface area contributed by atoms with Crippen LogP contribution >= 0.6 is 11.6 Å². The second kappa shape index (κ2) is 4.63. The van der Waals surface area contributed by atoms with Crippen molar-refractivity contribution in [3.63, 3.8) is 0 Å². The first kappa shape index (κ1) is 10.4. The molecule has 2 aromatic rings. The normalized spacial score (nSPS) is 10.8. The van der Waals surface area contributed by atoms with Crippen LogP contribution in [0.5, 0.6) is 0 Å². The van der Waals surface area contributed by atoms with Gasteiger partial charge in [-0.25, -0.2) is 0 Å². The van der Waals surface area contributed by atoms with Crippen LogP contribution in [-0.2, 0) is 6.42 Å². The Labute approximate surface area is 95.1 Å². The fourth-order valence-electron chi connectivity index (χ4n) is 1.79. The quantitative estimate of drug-likeness (QED) is 0.753. The molecule has 0 bridgehead atoms. The van der Waals surface area contributed by atoms with E-state index in [1.165, 1.54) is 23.8 Å². The smallest absolute Gasteiger partial charge is 0.0705 e. The summed E-state index contributed by atoms with van der Waals surface area (Å²) in [6.45, 7) is 2.19. The van der Waals surface area contributed by atoms with Gasteiger partial charge in [-0.1, -0.05) is 31.0 Å². The topological polar surface area (TPSA) is 12.9 Å². The molecule has 0 saturated carbocycles. The fraction of sp³-hybridized carbons (Fsp3) is 0.308. The predicted octanol–water partition coefficient (Wildman–Crippen LogP) is 4.23. The fourth-order valence-corrected chi connectivity index (χ4v) is 2.05. The molecule has 0 aliphatic heterocycles. The van der Waals surface area contributed by atoms with E-state index in [9.17, 15) is 0 Å². The average Bonchev–Trinajstić information content (AvgIpc) is 2.28. The molecule has 0 atom stereocenters. The van der Waals surface area contributed by atoms with E-state index < -0.39 is 0 Å². The molecule has 2 rings (SSSR count). The van der Waals surface area contributed by atoms with Gasteiger partial charge >= 0.3 is 0 Å². The number of unbranched alkanes of at least 4 members (excludes halogenated alkanes) is 1. The van der Waals surface area contributed by atoms with E-state index >= 15 is 0 Å². The third kappa shape index (κ3) is 2.13. The van der Waals surface area contributed by atoms with Gasteiger partial charge in [-0.3, -0.25) is 4.98 Å². The molecule has 0 amide bonds. The first-order valence-electron chi connectivity index (χ1n) is 5.35. The summed E-state index contributed by atoms with van der Waals surface area (Å²) in [4.78, 5) is 4.33. The van der Waals surface area contributed by atoms with E-state index in [0.29, 0.717) is 0 Å². The van der Waals surface area contributed by atoms with Gasteiger partial charge in [-0.05, 0) is 36.6 Å². The van der Waals surface area contributed by atoms with Crippen LogP contribution in [0.25, 0.3) is 10.9 Å². The van der Waals surface area contributed by atoms with Crippen molar-refractivity contribution in [2.45, 2.75) is 26.2 Å². The van der Waals surface area contributed by atoms with Gasteiger partial charge < -0.3 is 0 Å². The molecule has 0 aliphatic rings. The van der Waals surface area contributed by atoms with Crippen LogP contribution in [0, 0.1) is 0 Å². The van der Waals surface area contributed by atoms with Gasteiger partial charge in [0, 0.05) is 16.6 Å². The lowest BCUT2D eigenvalue weighted by atomic mass is 10.0. The van der Waals surface area contributed by atoms with E-state index in [-0.39, 0.29) is 0 Å². The number of benzene rings is 1. The third-order valence-electron chi connectivity index (χ3n) is 2.62. The molecule has 1 aromatic carbocycles. The molecule has 0 unspecified atom stereocenters. The van der Waals surface area contributed by atoms with Crippen molar-refractivity contribution in [1.82, 2.24) is 4.98 Å². The molecule has 0 N–H and O–H groups in total. The first-order valence-corrected chi connectivity index (χ1v) is 5.73. The summed E-state index contributed by atoms with van der Waals surface area (Å²) in [5, 5.41) is 2.06. The van der Waals surface area contributed by atoms with Gasteiger partial charge in [-0.15, -0.1) is 0 Å². The van der Waals surface area contributed by atoms with Crippen molar-refractivity contribution in [2.24, 2.45) is 0 Å². The van der Waals surface area contributed by atoms with E-state index in [4.69, 9.17) is 11.6 Å². The number of fused-ring (bicyclic) bond motifs is 1. The second-order valence-corrected chi connectivity index (χ2v) is 4.11. The Bertz CT molecular complexity index is 465. The zero-order chi connectivity index (χ0) is 10.7. The van der Waals surface area contributed by atoms with Crippen molar-refractivity contribution in [1.29, 1.82) is 0 Å². The number of halogens is 1. The van der Waals surface area contributed by atoms with Gasteiger partial charge in [0.15, 0.2) is 0 Å². The van der Waals surface area contributed by atoms with Crippen LogP contribution < -0.4 is 0 Å². The summed E-state index contributed by atoms with van der Waals surface area (Å²) in [6.07, 6.45) is 5.22. The minimum atomic E-state index is 0.865. The van der Waals surface area contributed by atoms with Crippen LogP contribution in [0.15, 0.2) is 30.5 Å². The molecular formula is C13H14ClN. The van der Waals surface area contributed by atoms with E-state index in [1.807, 2.05) is 24.4 Å². The van der Waals surface area contributed by atoms with E-state index in [1.54, 1.807) is 0 Å². The zero-order valence-corrected chi connectivity index (χ0v) is 9.59. The summed E-state index contributed by atoms with van der Waals surface area (Å²) in [5.74, 6) is 0. The number of nitrogens with zero attached hydrogens (tertiary/aromatic N) is 1. The summed E-state index contributed by atoms with van der Waals surface area (Å²) in [5.41, 5.74) is 2.28. The monoisotopic (exact) mass is 219 g/mol. The average molecular weight is 220 g/mol. The number of pyridine rings is 1. The maximum absolute atomic E-state index is 6.21. The number of rotatable bonds is 3. The molecular weight excluding hydrogens is 206 g/mol. The van der Waals surface area contributed by atoms with Crippen LogP contribution in [0.4, 0.5) is 0 Å². The van der Waals surface area contributed by atoms with Crippen molar-refractivity contribution < 1.29 is 0 Å². The van der Waals surface area contributed by atoms with Gasteiger partial charge in [-0.2, -0.15) is 0 Å². The summed E-state index contributed by atoms with van der Waals surface area (Å²) in [6, 6.07) is 7.99. The summed E-state index contributed by atoms with van der Waals surface area (Å²) >= 11 is 6.21. The maximum Gasteiger partial charge on any atom is 0.0705 e. The van der Waals surface area contributed by atoms with Gasteiger partial charge in [0.2, 0.25) is 0 Å². The second-order valence-electron chi connectivity index (χ2n) is 3.70. The van der Waals surface area contributed by atoms with Crippen LogP contribution in [-0.4, -0.2) is 4.98 Å². The highest BCUT2D eigenvalue weighted by molar-refractivity contribution is 6.32. The summed E-state index contributed by atoms with van der Waals surface area (Å²) in [7, 11) is 0. The van der Waals surface area contributed by atoms with Crippen molar-refractivity contribution in [3.8, 4) is 0 Å². The Morgan fingerprint density at radius 3 is 2.93 bits per heavy atom. The van der Waals surface area contributed by atoms with Crippen molar-refractivity contribution in [3.05, 3.63) is 41.0 Å². The van der Waals surface area contributed by atoms with Crippen LogP contribution in [0.3, 0.4) is 0 Å². The molecule has 1 aromatic heterocycles. The van der Waals surface area contributed by atoms with Crippen LogP contribution in [0.1, 0.15) is 25.3 Å². The highest BCUT2D eigenvalue weighted by Gasteiger charge is 2.05. The molecule has 2 heteroatoms. The Kier molecular flexibility index (Phi) is 3.22. The highest BCUT2D eigenvalue weighted by atomic mass is 35.5. The van der Waals surface area contributed by atoms with Gasteiger partial charge in [0.25, 0.3) is 0 Å². The van der Waals surface area contributed by atoms with Crippen LogP contribution in [0.2, 0.25) is 5.02 Å². The Hall–Kier alpha value is -1.08. The SMILES string of the molecule is CCCCc1c(Cl)ccc2ncccc12. The molecule has 0 aliphatic carbocycles. The minimum absolute atomic E-state index is 0.865. The molecule has 0 spiro atoms. The number of aromatic nitrogens is 1. The Balaban J connectivity index is 2.53. The highest BCUT2D eigenvalue weighted by Crippen LogP contribution is 2.26. The van der Waals surface area contributed by atoms with Gasteiger partial charge in [0.1, 0.15) is 0 Å². The number of aryl methyl sites for hydroxylation is 1. The molecule has 0 fully saturated rings. The summed E-state index contributed by atoms with van der Waals surface area (Å²) < 4.78 is 0. The Morgan fingerprint density at radius 2 is 2.13 bits per heavy atom. The van der Waals surface area contributed by atoms with Gasteiger partial charge in [0.05, 0.1) is 5.52 Å². The molecule has 0 saturated heterocycles. The molecule has 78 valence electrons. The maximum atomic E-state index is 6.21. The third-order valence-corrected chi connectivity index (χ3v) is 2.97. The molecule has 0 radical (unpaired) electrons. The van der Waals surface area contributed by atoms with E-state index in [2.05, 4.69) is 18.0 Å². The molecule has 1 nitrogen and oxygen atoms in total. The Morgan fingerprint density at radius 1 is 1.27 bits per heavy atom. The number of hydrogen-bond donors (Lipinski definition) is 0. The largest absolute Gasteiger partial charge is 0.256 e. The molecule has 1 heterocycles. The van der Waals surface area contributed by atoms with Crippen molar-refractivity contribution >= 4 is 22.5 Å². The predicted molar refractivity (Wildman–Crippen MR) is 65.4 cm³/mol. The zero-order valence-electron chi connectivity index (χ0n) is 8.83. The lowest BCUT2D eigenvalue weighted by molar-refractivity contribution is 0.799. The van der Waals surface area contributed by atoms with Crippen molar-refractivity contribution in [2.75, 3.05) is 0 Å². The molecule has 15 heavy (non-hydrogen) atoms. The van der Waals surface area contributed by atoms with E-state index in [0.717, 1.165) is 17.0 Å². The standard InChI is InChI=1S/C13H14ClN/c1-2-3-5-10-11-6-4-9-15-13(11)8-7-12(10)14/h4,6-9H,2-3,5H2,1H3. The first-order chi connectivity index (χ1) is 7.33. The minimum Gasteiger partial charge on any atom is -0.256 e.